The number of allylic oxidation sites excluding steroid dienone is 1. The first-order valence-electron chi connectivity index (χ1n) is 13.8. The molecule has 0 saturated carbocycles. The SMILES string of the molecule is COc1cccc(C(=O)[C@@H]2[C@H](C(=O)c3ccc(F)cc3)[C@@]3(C(=O)Nc4ccccc43)[C@@H]3C=C(C)c4ccccc4N23)c1. The molecule has 0 radical (unpaired) electrons. The molecule has 4 aromatic carbocycles. The number of carbonyl (C=O) groups is 3. The van der Waals surface area contributed by atoms with Crippen LogP contribution in [0.1, 0.15) is 38.8 Å². The van der Waals surface area contributed by atoms with Crippen LogP contribution in [0.15, 0.2) is 103 Å². The van der Waals surface area contributed by atoms with E-state index < -0.39 is 35.0 Å². The van der Waals surface area contributed by atoms with Crippen molar-refractivity contribution in [2.45, 2.75) is 24.4 Å². The van der Waals surface area contributed by atoms with Crippen LogP contribution in [0.3, 0.4) is 0 Å². The summed E-state index contributed by atoms with van der Waals surface area (Å²) in [6.07, 6.45) is 2.01. The second kappa shape index (κ2) is 9.52. The van der Waals surface area contributed by atoms with Gasteiger partial charge in [-0.1, -0.05) is 54.6 Å². The average molecular weight is 559 g/mol. The molecule has 3 heterocycles. The molecule has 7 rings (SSSR count). The smallest absolute Gasteiger partial charge is 0.238 e. The van der Waals surface area contributed by atoms with Gasteiger partial charge in [0, 0.05) is 28.1 Å². The number of nitrogens with zero attached hydrogens (tertiary/aromatic N) is 1. The molecule has 208 valence electrons. The third-order valence-corrected chi connectivity index (χ3v) is 8.92. The molecule has 3 aliphatic heterocycles. The lowest BCUT2D eigenvalue weighted by Crippen LogP contribution is -2.51. The third-order valence-electron chi connectivity index (χ3n) is 8.92. The van der Waals surface area contributed by atoms with Crippen LogP contribution < -0.4 is 15.0 Å². The van der Waals surface area contributed by atoms with Crippen molar-refractivity contribution < 1.29 is 23.5 Å². The van der Waals surface area contributed by atoms with Crippen molar-refractivity contribution in [1.82, 2.24) is 0 Å². The number of Topliss-reactive ketones (excluding diaryl/α,β-unsaturated/α-hetero) is 2. The molecule has 0 aliphatic carbocycles. The lowest BCUT2D eigenvalue weighted by atomic mass is 9.64. The number of ketones is 2. The first kappa shape index (κ1) is 25.9. The molecule has 3 aliphatic rings. The Morgan fingerprint density at radius 1 is 0.881 bits per heavy atom. The fraction of sp³-hybridized carbons (Fsp3) is 0.171. The number of anilines is 2. The van der Waals surface area contributed by atoms with E-state index in [0.717, 1.165) is 16.8 Å². The monoisotopic (exact) mass is 558 g/mol. The minimum absolute atomic E-state index is 0.232. The number of nitrogens with one attached hydrogen (secondary N) is 1. The van der Waals surface area contributed by atoms with Gasteiger partial charge < -0.3 is 15.0 Å². The highest BCUT2D eigenvalue weighted by Crippen LogP contribution is 2.58. The lowest BCUT2D eigenvalue weighted by Gasteiger charge is -2.39. The number of ether oxygens (including phenoxy) is 1. The van der Waals surface area contributed by atoms with Crippen molar-refractivity contribution in [3.05, 3.63) is 131 Å². The largest absolute Gasteiger partial charge is 0.497 e. The quantitative estimate of drug-likeness (QED) is 0.301. The second-order valence-corrected chi connectivity index (χ2v) is 11.0. The Bertz CT molecular complexity index is 1810. The number of amides is 1. The van der Waals surface area contributed by atoms with E-state index >= 15 is 0 Å². The molecule has 6 nitrogen and oxygen atoms in total. The topological polar surface area (TPSA) is 75.7 Å². The summed E-state index contributed by atoms with van der Waals surface area (Å²) >= 11 is 0. The van der Waals surface area contributed by atoms with Crippen molar-refractivity contribution >= 4 is 34.4 Å². The molecular formula is C35H27FN2O4. The van der Waals surface area contributed by atoms with E-state index in [1.54, 1.807) is 24.3 Å². The molecule has 0 bridgehead atoms. The Morgan fingerprint density at radius 2 is 1.62 bits per heavy atom. The molecule has 1 amide bonds. The maximum absolute atomic E-state index is 14.8. The summed E-state index contributed by atoms with van der Waals surface area (Å²) < 4.78 is 19.4. The number of rotatable bonds is 5. The van der Waals surface area contributed by atoms with Gasteiger partial charge in [0.2, 0.25) is 5.91 Å². The number of fused-ring (bicyclic) bond motifs is 6. The van der Waals surface area contributed by atoms with Gasteiger partial charge in [0.25, 0.3) is 0 Å². The third kappa shape index (κ3) is 3.52. The summed E-state index contributed by atoms with van der Waals surface area (Å²) in [5.74, 6) is -2.16. The van der Waals surface area contributed by atoms with Gasteiger partial charge in [0.1, 0.15) is 23.0 Å². The minimum atomic E-state index is -1.43. The van der Waals surface area contributed by atoms with Crippen molar-refractivity contribution in [2.75, 3.05) is 17.3 Å². The van der Waals surface area contributed by atoms with E-state index in [-0.39, 0.29) is 17.3 Å². The number of methoxy groups -OCH3 is 1. The fourth-order valence-electron chi connectivity index (χ4n) is 7.13. The van der Waals surface area contributed by atoms with Gasteiger partial charge >= 0.3 is 0 Å². The molecule has 1 fully saturated rings. The predicted octanol–water partition coefficient (Wildman–Crippen LogP) is 6.08. The van der Waals surface area contributed by atoms with Gasteiger partial charge in [-0.15, -0.1) is 0 Å². The van der Waals surface area contributed by atoms with Crippen LogP contribution >= 0.6 is 0 Å². The standard InChI is InChI=1S/C35H27FN2O4/c1-20-18-29-35(26-11-4-5-12-27(26)37-34(35)41)30(32(39)21-14-16-23(36)17-15-21)31(38(29)28-13-6-3-10-25(20)28)33(40)22-8-7-9-24(19-22)42-2/h3-19,29-31H,1-2H3,(H,37,41)/t29-,30+,31-,35-/m0/s1. The molecule has 1 saturated heterocycles. The highest BCUT2D eigenvalue weighted by atomic mass is 19.1. The predicted molar refractivity (Wildman–Crippen MR) is 158 cm³/mol. The van der Waals surface area contributed by atoms with E-state index in [4.69, 9.17) is 4.74 Å². The zero-order valence-corrected chi connectivity index (χ0v) is 23.0. The zero-order valence-electron chi connectivity index (χ0n) is 23.0. The van der Waals surface area contributed by atoms with Crippen LogP contribution in [0.4, 0.5) is 15.8 Å². The molecule has 0 aromatic heterocycles. The van der Waals surface area contributed by atoms with Crippen LogP contribution in [0.25, 0.3) is 5.57 Å². The number of para-hydroxylation sites is 2. The zero-order chi connectivity index (χ0) is 29.2. The van der Waals surface area contributed by atoms with E-state index in [9.17, 15) is 18.8 Å². The Hall–Kier alpha value is -5.04. The average Bonchev–Trinajstić information content (AvgIpc) is 3.49. The summed E-state index contributed by atoms with van der Waals surface area (Å²) in [6.45, 7) is 1.98. The Morgan fingerprint density at radius 3 is 2.40 bits per heavy atom. The maximum Gasteiger partial charge on any atom is 0.238 e. The van der Waals surface area contributed by atoms with E-state index in [1.807, 2.05) is 66.4 Å². The molecule has 0 unspecified atom stereocenters. The minimum Gasteiger partial charge on any atom is -0.497 e. The van der Waals surface area contributed by atoms with E-state index in [0.29, 0.717) is 22.6 Å². The van der Waals surface area contributed by atoms with Gasteiger partial charge in [-0.05, 0) is 66.6 Å². The highest BCUT2D eigenvalue weighted by Gasteiger charge is 2.70. The van der Waals surface area contributed by atoms with Gasteiger partial charge in [-0.3, -0.25) is 14.4 Å². The Labute approximate surface area is 242 Å². The summed E-state index contributed by atoms with van der Waals surface area (Å²) in [6, 6.07) is 25.5. The van der Waals surface area contributed by atoms with Crippen LogP contribution in [-0.2, 0) is 10.2 Å². The molecule has 4 aromatic rings. The van der Waals surface area contributed by atoms with E-state index in [1.165, 1.54) is 31.4 Å². The molecule has 4 atom stereocenters. The first-order valence-corrected chi connectivity index (χ1v) is 13.8. The molecule has 1 spiro atoms. The van der Waals surface area contributed by atoms with E-state index in [2.05, 4.69) is 5.32 Å². The molecular weight excluding hydrogens is 531 g/mol. The van der Waals surface area contributed by atoms with Crippen molar-refractivity contribution in [1.29, 1.82) is 0 Å². The number of hydrogen-bond donors (Lipinski definition) is 1. The molecule has 1 N–H and O–H groups in total. The Balaban J connectivity index is 1.55. The van der Waals surface area contributed by atoms with Crippen LogP contribution in [0, 0.1) is 11.7 Å². The summed E-state index contributed by atoms with van der Waals surface area (Å²) in [7, 11) is 1.53. The van der Waals surface area contributed by atoms with Gasteiger partial charge in [0.15, 0.2) is 11.6 Å². The number of benzene rings is 4. The first-order chi connectivity index (χ1) is 20.4. The lowest BCUT2D eigenvalue weighted by molar-refractivity contribution is -0.121. The normalized spacial score (nSPS) is 23.5. The summed E-state index contributed by atoms with van der Waals surface area (Å²) in [4.78, 5) is 45.9. The summed E-state index contributed by atoms with van der Waals surface area (Å²) in [5.41, 5.74) is 3.08. The van der Waals surface area contributed by atoms with Crippen molar-refractivity contribution in [3.63, 3.8) is 0 Å². The molecule has 42 heavy (non-hydrogen) atoms. The second-order valence-electron chi connectivity index (χ2n) is 11.0. The number of carbonyl (C=O) groups excluding carboxylic acids is 3. The van der Waals surface area contributed by atoms with Gasteiger partial charge in [-0.25, -0.2) is 4.39 Å². The number of hydrogen-bond acceptors (Lipinski definition) is 5. The van der Waals surface area contributed by atoms with Crippen molar-refractivity contribution in [3.8, 4) is 5.75 Å². The molecule has 7 heteroatoms. The van der Waals surface area contributed by atoms with Crippen molar-refractivity contribution in [2.24, 2.45) is 5.92 Å². The summed E-state index contributed by atoms with van der Waals surface area (Å²) in [5, 5.41) is 3.03. The van der Waals surface area contributed by atoms with Gasteiger partial charge in [0.05, 0.1) is 19.1 Å². The van der Waals surface area contributed by atoms with Crippen LogP contribution in [0.5, 0.6) is 5.75 Å². The fourth-order valence-corrected chi connectivity index (χ4v) is 7.13. The van der Waals surface area contributed by atoms with Gasteiger partial charge in [-0.2, -0.15) is 0 Å². The highest BCUT2D eigenvalue weighted by molar-refractivity contribution is 6.18. The number of halogens is 1. The maximum atomic E-state index is 14.8. The Kier molecular flexibility index (Phi) is 5.87. The van der Waals surface area contributed by atoms with Crippen LogP contribution in [0.2, 0.25) is 0 Å². The van der Waals surface area contributed by atoms with Crippen LogP contribution in [-0.4, -0.2) is 36.7 Å².